The molecule has 7 heteroatoms. The molecule has 2 heterocycles. The van der Waals surface area contributed by atoms with Gasteiger partial charge in [-0.2, -0.15) is 0 Å². The molecule has 1 N–H and O–H groups in total. The largest absolute Gasteiger partial charge is 0.342 e. The van der Waals surface area contributed by atoms with E-state index < -0.39 is 6.04 Å². The molecule has 1 aromatic rings. The summed E-state index contributed by atoms with van der Waals surface area (Å²) in [5.74, 6) is -0.124. The first-order valence-electron chi connectivity index (χ1n) is 10.2. The van der Waals surface area contributed by atoms with Crippen molar-refractivity contribution in [2.24, 2.45) is 0 Å². The van der Waals surface area contributed by atoms with E-state index in [2.05, 4.69) is 10.2 Å². The smallest absolute Gasteiger partial charge is 0.251 e. The van der Waals surface area contributed by atoms with Crippen LogP contribution in [-0.2, 0) is 9.59 Å². The van der Waals surface area contributed by atoms with Crippen molar-refractivity contribution in [2.45, 2.75) is 32.2 Å². The summed E-state index contributed by atoms with van der Waals surface area (Å²) in [6.45, 7) is 6.42. The number of rotatable bonds is 5. The Morgan fingerprint density at radius 1 is 0.893 bits per heavy atom. The number of hydrogen-bond acceptors (Lipinski definition) is 4. The van der Waals surface area contributed by atoms with E-state index in [1.807, 2.05) is 11.0 Å². The van der Waals surface area contributed by atoms with Gasteiger partial charge in [0, 0.05) is 44.8 Å². The Morgan fingerprint density at radius 2 is 1.54 bits per heavy atom. The average Bonchev–Trinajstić information content (AvgIpc) is 2.75. The first-order chi connectivity index (χ1) is 13.5. The van der Waals surface area contributed by atoms with Gasteiger partial charge in [0.2, 0.25) is 11.8 Å². The molecule has 0 saturated carbocycles. The van der Waals surface area contributed by atoms with Crippen LogP contribution in [0, 0.1) is 0 Å². The fraction of sp³-hybridized carbons (Fsp3) is 0.571. The van der Waals surface area contributed by atoms with E-state index in [0.717, 1.165) is 25.9 Å². The second kappa shape index (κ2) is 9.68. The van der Waals surface area contributed by atoms with Gasteiger partial charge in [-0.1, -0.05) is 18.2 Å². The van der Waals surface area contributed by atoms with Crippen LogP contribution in [0.25, 0.3) is 0 Å². The molecule has 2 aliphatic rings. The van der Waals surface area contributed by atoms with Crippen molar-refractivity contribution >= 4 is 17.7 Å². The zero-order valence-electron chi connectivity index (χ0n) is 16.6. The van der Waals surface area contributed by atoms with Crippen LogP contribution in [0.5, 0.6) is 0 Å². The molecule has 2 fully saturated rings. The highest BCUT2D eigenvalue weighted by Crippen LogP contribution is 2.11. The maximum Gasteiger partial charge on any atom is 0.251 e. The molecule has 1 unspecified atom stereocenters. The van der Waals surface area contributed by atoms with Crippen molar-refractivity contribution < 1.29 is 14.4 Å². The minimum absolute atomic E-state index is 0.0775. The fourth-order valence-electron chi connectivity index (χ4n) is 3.77. The van der Waals surface area contributed by atoms with Gasteiger partial charge >= 0.3 is 0 Å². The van der Waals surface area contributed by atoms with Gasteiger partial charge in [-0.25, -0.2) is 0 Å². The number of piperazine rings is 1. The van der Waals surface area contributed by atoms with Crippen LogP contribution in [-0.4, -0.2) is 84.3 Å². The van der Waals surface area contributed by atoms with E-state index in [0.29, 0.717) is 38.3 Å². The van der Waals surface area contributed by atoms with E-state index in [-0.39, 0.29) is 17.7 Å². The fourth-order valence-corrected chi connectivity index (χ4v) is 3.77. The van der Waals surface area contributed by atoms with Crippen LogP contribution in [0.3, 0.4) is 0 Å². The lowest BCUT2D eigenvalue weighted by Gasteiger charge is -2.37. The summed E-state index contributed by atoms with van der Waals surface area (Å²) in [4.78, 5) is 43.1. The van der Waals surface area contributed by atoms with E-state index in [1.54, 1.807) is 36.1 Å². The monoisotopic (exact) mass is 386 g/mol. The van der Waals surface area contributed by atoms with E-state index in [9.17, 15) is 14.4 Å². The molecule has 28 heavy (non-hydrogen) atoms. The standard InChI is InChI=1S/C21H30N4O3/c1-17(22-20(27)18-8-4-2-5-9-18)21(28)25-14-12-23(13-15-25)16-19(26)24-10-6-3-7-11-24/h2,4-5,8-9,17H,3,6-7,10-16H2,1H3,(H,22,27). The van der Waals surface area contributed by atoms with Crippen molar-refractivity contribution in [1.82, 2.24) is 20.0 Å². The molecule has 7 nitrogen and oxygen atoms in total. The number of hydrogen-bond donors (Lipinski definition) is 1. The molecule has 152 valence electrons. The molecule has 0 bridgehead atoms. The Morgan fingerprint density at radius 3 is 2.18 bits per heavy atom. The van der Waals surface area contributed by atoms with Crippen molar-refractivity contribution in [3.8, 4) is 0 Å². The van der Waals surface area contributed by atoms with Crippen molar-refractivity contribution in [1.29, 1.82) is 0 Å². The first-order valence-corrected chi connectivity index (χ1v) is 10.2. The maximum absolute atomic E-state index is 12.7. The molecule has 2 saturated heterocycles. The number of piperidine rings is 1. The topological polar surface area (TPSA) is 73.0 Å². The molecule has 0 aliphatic carbocycles. The van der Waals surface area contributed by atoms with Gasteiger partial charge in [-0.3, -0.25) is 19.3 Å². The first kappa shape index (κ1) is 20.3. The summed E-state index contributed by atoms with van der Waals surface area (Å²) in [5, 5.41) is 2.78. The second-order valence-electron chi connectivity index (χ2n) is 7.60. The Labute approximate surface area is 166 Å². The van der Waals surface area contributed by atoms with E-state index in [4.69, 9.17) is 0 Å². The molecule has 0 radical (unpaired) electrons. The van der Waals surface area contributed by atoms with Crippen LogP contribution in [0.15, 0.2) is 30.3 Å². The van der Waals surface area contributed by atoms with Crippen LogP contribution >= 0.6 is 0 Å². The minimum atomic E-state index is -0.575. The van der Waals surface area contributed by atoms with Crippen LogP contribution in [0.4, 0.5) is 0 Å². The number of benzene rings is 1. The summed E-state index contributed by atoms with van der Waals surface area (Å²) < 4.78 is 0. The number of likely N-dealkylation sites (tertiary alicyclic amines) is 1. The lowest BCUT2D eigenvalue weighted by atomic mass is 10.1. The Hall–Kier alpha value is -2.41. The number of carbonyl (C=O) groups excluding carboxylic acids is 3. The molecule has 0 aromatic heterocycles. The number of amides is 3. The summed E-state index contributed by atoms with van der Waals surface area (Å²) in [6, 6.07) is 8.32. The van der Waals surface area contributed by atoms with Gasteiger partial charge in [0.15, 0.2) is 0 Å². The number of carbonyl (C=O) groups is 3. The number of nitrogens with zero attached hydrogens (tertiary/aromatic N) is 3. The minimum Gasteiger partial charge on any atom is -0.342 e. The summed E-state index contributed by atoms with van der Waals surface area (Å²) in [6.07, 6.45) is 3.41. The Balaban J connectivity index is 1.42. The molecule has 1 atom stereocenters. The highest BCUT2D eigenvalue weighted by Gasteiger charge is 2.27. The van der Waals surface area contributed by atoms with Gasteiger partial charge in [0.25, 0.3) is 5.91 Å². The van der Waals surface area contributed by atoms with E-state index >= 15 is 0 Å². The Bertz CT molecular complexity index is 680. The zero-order valence-corrected chi connectivity index (χ0v) is 16.6. The van der Waals surface area contributed by atoms with Crippen molar-refractivity contribution in [3.63, 3.8) is 0 Å². The molecule has 3 rings (SSSR count). The summed E-state index contributed by atoms with van der Waals surface area (Å²) >= 11 is 0. The van der Waals surface area contributed by atoms with E-state index in [1.165, 1.54) is 6.42 Å². The molecule has 3 amide bonds. The summed E-state index contributed by atoms with van der Waals surface area (Å²) in [5.41, 5.74) is 0.545. The number of nitrogens with one attached hydrogen (secondary N) is 1. The molecular weight excluding hydrogens is 356 g/mol. The van der Waals surface area contributed by atoms with Gasteiger partial charge in [0.1, 0.15) is 6.04 Å². The van der Waals surface area contributed by atoms with Crippen molar-refractivity contribution in [2.75, 3.05) is 45.8 Å². The highest BCUT2D eigenvalue weighted by molar-refractivity contribution is 5.97. The quantitative estimate of drug-likeness (QED) is 0.818. The van der Waals surface area contributed by atoms with Gasteiger partial charge in [0.05, 0.1) is 6.54 Å². The lowest BCUT2D eigenvalue weighted by molar-refractivity contribution is -0.136. The Kier molecular flexibility index (Phi) is 7.03. The predicted molar refractivity (Wildman–Crippen MR) is 107 cm³/mol. The predicted octanol–water partition coefficient (Wildman–Crippen LogP) is 0.962. The SMILES string of the molecule is CC(NC(=O)c1ccccc1)C(=O)N1CCN(CC(=O)N2CCCCC2)CC1. The highest BCUT2D eigenvalue weighted by atomic mass is 16.2. The maximum atomic E-state index is 12.7. The normalized spacial score (nSPS) is 19.2. The second-order valence-corrected chi connectivity index (χ2v) is 7.60. The third kappa shape index (κ3) is 5.32. The zero-order chi connectivity index (χ0) is 19.9. The average molecular weight is 386 g/mol. The van der Waals surface area contributed by atoms with Gasteiger partial charge < -0.3 is 15.1 Å². The van der Waals surface area contributed by atoms with Crippen LogP contribution in [0.1, 0.15) is 36.5 Å². The molecule has 0 spiro atoms. The summed E-state index contributed by atoms with van der Waals surface area (Å²) in [7, 11) is 0. The molecular formula is C21H30N4O3. The van der Waals surface area contributed by atoms with Crippen molar-refractivity contribution in [3.05, 3.63) is 35.9 Å². The lowest BCUT2D eigenvalue weighted by Crippen LogP contribution is -2.55. The van der Waals surface area contributed by atoms with Gasteiger partial charge in [-0.05, 0) is 38.3 Å². The molecule has 1 aromatic carbocycles. The third-order valence-corrected chi connectivity index (χ3v) is 5.51. The van der Waals surface area contributed by atoms with Gasteiger partial charge in [-0.15, -0.1) is 0 Å². The third-order valence-electron chi connectivity index (χ3n) is 5.51. The molecule has 2 aliphatic heterocycles. The van der Waals surface area contributed by atoms with Crippen LogP contribution < -0.4 is 5.32 Å². The van der Waals surface area contributed by atoms with Crippen LogP contribution in [0.2, 0.25) is 0 Å².